The van der Waals surface area contributed by atoms with E-state index in [0.29, 0.717) is 45.5 Å². The number of aryl methyl sites for hydroxylation is 1. The molecular formula is C18H20N4O3S. The summed E-state index contributed by atoms with van der Waals surface area (Å²) in [6, 6.07) is 3.70. The number of ketones is 1. The molecule has 7 nitrogen and oxygen atoms in total. The molecule has 136 valence electrons. The summed E-state index contributed by atoms with van der Waals surface area (Å²) in [6.45, 7) is 5.41. The number of rotatable bonds is 5. The van der Waals surface area contributed by atoms with Crippen molar-refractivity contribution in [2.24, 2.45) is 0 Å². The van der Waals surface area contributed by atoms with Crippen molar-refractivity contribution in [2.75, 3.05) is 10.6 Å². The number of fused-ring (bicyclic) bond motifs is 1. The van der Waals surface area contributed by atoms with Gasteiger partial charge in [-0.25, -0.2) is 9.97 Å². The van der Waals surface area contributed by atoms with E-state index in [-0.39, 0.29) is 23.5 Å². The average molecular weight is 372 g/mol. The third-order valence-corrected chi connectivity index (χ3v) is 4.85. The van der Waals surface area contributed by atoms with Crippen LogP contribution in [0.4, 0.5) is 10.9 Å². The van der Waals surface area contributed by atoms with Crippen LogP contribution in [0.15, 0.2) is 23.9 Å². The zero-order valence-electron chi connectivity index (χ0n) is 14.8. The van der Waals surface area contributed by atoms with Crippen molar-refractivity contribution in [3.05, 3.63) is 40.0 Å². The molecule has 0 bridgehead atoms. The SMILES string of the molecule is CC(=O)Nc1nc2c(s1)C(O)=C(C(=O)c1ccc(NC(C)C)nc1)CC2. The second kappa shape index (κ2) is 7.25. The van der Waals surface area contributed by atoms with Gasteiger partial charge >= 0.3 is 0 Å². The van der Waals surface area contributed by atoms with E-state index in [1.165, 1.54) is 24.5 Å². The Bertz CT molecular complexity index is 884. The third-order valence-electron chi connectivity index (χ3n) is 3.83. The summed E-state index contributed by atoms with van der Waals surface area (Å²) in [6.07, 6.45) is 2.45. The van der Waals surface area contributed by atoms with Crippen molar-refractivity contribution >= 4 is 39.7 Å². The van der Waals surface area contributed by atoms with E-state index in [2.05, 4.69) is 20.6 Å². The molecule has 3 N–H and O–H groups in total. The van der Waals surface area contributed by atoms with Crippen molar-refractivity contribution in [2.45, 2.75) is 39.7 Å². The van der Waals surface area contributed by atoms with Crippen LogP contribution in [-0.2, 0) is 11.2 Å². The maximum Gasteiger partial charge on any atom is 0.223 e. The fourth-order valence-electron chi connectivity index (χ4n) is 2.71. The van der Waals surface area contributed by atoms with Crippen LogP contribution in [0.2, 0.25) is 0 Å². The third kappa shape index (κ3) is 3.75. The van der Waals surface area contributed by atoms with Gasteiger partial charge in [-0.05, 0) is 38.8 Å². The maximum atomic E-state index is 12.8. The molecule has 0 saturated carbocycles. The van der Waals surface area contributed by atoms with Crippen molar-refractivity contribution in [3.63, 3.8) is 0 Å². The summed E-state index contributed by atoms with van der Waals surface area (Å²) in [5.74, 6) is 0.168. The molecule has 0 spiro atoms. The first-order valence-electron chi connectivity index (χ1n) is 8.32. The number of aliphatic hydroxyl groups excluding tert-OH is 1. The zero-order valence-corrected chi connectivity index (χ0v) is 15.6. The van der Waals surface area contributed by atoms with Crippen LogP contribution in [0.1, 0.15) is 48.1 Å². The second-order valence-electron chi connectivity index (χ2n) is 6.36. The van der Waals surface area contributed by atoms with Gasteiger partial charge in [-0.2, -0.15) is 0 Å². The molecule has 1 aliphatic carbocycles. The quantitative estimate of drug-likeness (QED) is 0.695. The summed E-state index contributed by atoms with van der Waals surface area (Å²) >= 11 is 1.17. The normalized spacial score (nSPS) is 13.5. The van der Waals surface area contributed by atoms with Gasteiger partial charge in [0.2, 0.25) is 5.91 Å². The number of amides is 1. The van der Waals surface area contributed by atoms with Crippen molar-refractivity contribution in [1.82, 2.24) is 9.97 Å². The molecule has 0 unspecified atom stereocenters. The number of Topliss-reactive ketones (excluding diaryl/α,β-unsaturated/α-hetero) is 1. The summed E-state index contributed by atoms with van der Waals surface area (Å²) in [5, 5.41) is 16.8. The summed E-state index contributed by atoms with van der Waals surface area (Å²) in [7, 11) is 0. The van der Waals surface area contributed by atoms with E-state index < -0.39 is 0 Å². The van der Waals surface area contributed by atoms with E-state index in [9.17, 15) is 14.7 Å². The first-order chi connectivity index (χ1) is 12.3. The van der Waals surface area contributed by atoms with Gasteiger partial charge in [-0.15, -0.1) is 0 Å². The van der Waals surface area contributed by atoms with Gasteiger partial charge in [0.1, 0.15) is 11.6 Å². The van der Waals surface area contributed by atoms with E-state index in [4.69, 9.17) is 0 Å². The van der Waals surface area contributed by atoms with Gasteiger partial charge in [0.25, 0.3) is 0 Å². The van der Waals surface area contributed by atoms with Crippen LogP contribution in [0.25, 0.3) is 5.76 Å². The Hall–Kier alpha value is -2.74. The van der Waals surface area contributed by atoms with Crippen molar-refractivity contribution < 1.29 is 14.7 Å². The minimum Gasteiger partial charge on any atom is -0.506 e. The highest BCUT2D eigenvalue weighted by Crippen LogP contribution is 2.37. The lowest BCUT2D eigenvalue weighted by molar-refractivity contribution is -0.114. The Kier molecular flexibility index (Phi) is 5.03. The molecule has 0 saturated heterocycles. The average Bonchev–Trinajstić information content (AvgIpc) is 2.97. The molecule has 0 fully saturated rings. The highest BCUT2D eigenvalue weighted by Gasteiger charge is 2.27. The Labute approximate surface area is 155 Å². The molecule has 0 radical (unpaired) electrons. The zero-order chi connectivity index (χ0) is 18.8. The molecule has 0 aromatic carbocycles. The molecule has 3 rings (SSSR count). The van der Waals surface area contributed by atoms with Crippen molar-refractivity contribution in [1.29, 1.82) is 0 Å². The van der Waals surface area contributed by atoms with Gasteiger partial charge in [0, 0.05) is 30.3 Å². The Morgan fingerprint density at radius 3 is 2.65 bits per heavy atom. The van der Waals surface area contributed by atoms with Crippen LogP contribution >= 0.6 is 11.3 Å². The Morgan fingerprint density at radius 1 is 1.27 bits per heavy atom. The van der Waals surface area contributed by atoms with Crippen LogP contribution in [-0.4, -0.2) is 32.8 Å². The molecule has 2 heterocycles. The number of aliphatic hydroxyl groups is 1. The molecule has 0 aliphatic heterocycles. The number of nitrogens with one attached hydrogen (secondary N) is 2. The first-order valence-corrected chi connectivity index (χ1v) is 9.14. The Balaban J connectivity index is 1.86. The van der Waals surface area contributed by atoms with Gasteiger partial charge in [0.05, 0.1) is 10.6 Å². The molecule has 2 aromatic rings. The number of carbonyl (C=O) groups excluding carboxylic acids is 2. The number of nitrogens with zero attached hydrogens (tertiary/aromatic N) is 2. The molecule has 2 aromatic heterocycles. The maximum absolute atomic E-state index is 12.8. The van der Waals surface area contributed by atoms with Crippen LogP contribution in [0.5, 0.6) is 0 Å². The second-order valence-corrected chi connectivity index (χ2v) is 7.36. The molecule has 26 heavy (non-hydrogen) atoms. The largest absolute Gasteiger partial charge is 0.506 e. The fourth-order valence-corrected chi connectivity index (χ4v) is 3.74. The van der Waals surface area contributed by atoms with Gasteiger partial charge in [-0.3, -0.25) is 9.59 Å². The summed E-state index contributed by atoms with van der Waals surface area (Å²) in [4.78, 5) is 33.0. The molecule has 1 amide bonds. The molecular weight excluding hydrogens is 352 g/mol. The number of carbonyl (C=O) groups is 2. The van der Waals surface area contributed by atoms with Gasteiger partial charge in [0.15, 0.2) is 10.9 Å². The van der Waals surface area contributed by atoms with Crippen molar-refractivity contribution in [3.8, 4) is 0 Å². The van der Waals surface area contributed by atoms with Crippen LogP contribution in [0.3, 0.4) is 0 Å². The number of hydrogen-bond acceptors (Lipinski definition) is 7. The highest BCUT2D eigenvalue weighted by atomic mass is 32.1. The molecule has 8 heteroatoms. The number of pyridine rings is 1. The van der Waals surface area contributed by atoms with E-state index in [1.807, 2.05) is 13.8 Å². The highest BCUT2D eigenvalue weighted by molar-refractivity contribution is 7.16. The standard InChI is InChI=1S/C18H20N4O3S/c1-9(2)20-14-7-4-11(8-19-14)15(24)12-5-6-13-17(16(12)25)26-18(22-13)21-10(3)23/h4,7-9,25H,5-6H2,1-3H3,(H,19,20)(H,21,22,23). The van der Waals surface area contributed by atoms with E-state index >= 15 is 0 Å². The lowest BCUT2D eigenvalue weighted by atomic mass is 9.93. The summed E-state index contributed by atoms with van der Waals surface area (Å²) < 4.78 is 0. The predicted octanol–water partition coefficient (Wildman–Crippen LogP) is 3.42. The number of anilines is 2. The lowest BCUT2D eigenvalue weighted by Crippen LogP contribution is -2.14. The predicted molar refractivity (Wildman–Crippen MR) is 102 cm³/mol. The first kappa shape index (κ1) is 18.1. The monoisotopic (exact) mass is 372 g/mol. The fraction of sp³-hybridized carbons (Fsp3) is 0.333. The minimum atomic E-state index is -0.244. The number of aromatic nitrogens is 2. The molecule has 1 aliphatic rings. The van der Waals surface area contributed by atoms with Gasteiger partial charge in [-0.1, -0.05) is 11.3 Å². The lowest BCUT2D eigenvalue weighted by Gasteiger charge is -2.15. The van der Waals surface area contributed by atoms with Crippen LogP contribution < -0.4 is 10.6 Å². The molecule has 0 atom stereocenters. The van der Waals surface area contributed by atoms with Gasteiger partial charge < -0.3 is 15.7 Å². The minimum absolute atomic E-state index is 0.0604. The smallest absolute Gasteiger partial charge is 0.223 e. The number of hydrogen-bond donors (Lipinski definition) is 3. The number of thiazole rings is 1. The van der Waals surface area contributed by atoms with E-state index in [0.717, 1.165) is 0 Å². The Morgan fingerprint density at radius 2 is 2.04 bits per heavy atom. The van der Waals surface area contributed by atoms with E-state index in [1.54, 1.807) is 12.1 Å². The summed E-state index contributed by atoms with van der Waals surface area (Å²) in [5.41, 5.74) is 1.47. The topological polar surface area (TPSA) is 104 Å². The number of allylic oxidation sites excluding steroid dienone is 1. The van der Waals surface area contributed by atoms with Crippen LogP contribution in [0, 0.1) is 0 Å².